The molecule has 0 unspecified atom stereocenters. The zero-order valence-corrected chi connectivity index (χ0v) is 11.9. The molecule has 2 rings (SSSR count). The van der Waals surface area contributed by atoms with Crippen LogP contribution in [0.4, 0.5) is 0 Å². The van der Waals surface area contributed by atoms with Gasteiger partial charge in [-0.3, -0.25) is 0 Å². The highest BCUT2D eigenvalue weighted by Crippen LogP contribution is 2.13. The number of aromatic nitrogens is 2. The van der Waals surface area contributed by atoms with Crippen LogP contribution in [0, 0.1) is 18.3 Å². The molecule has 0 bridgehead atoms. The van der Waals surface area contributed by atoms with Crippen LogP contribution in [-0.4, -0.2) is 22.7 Å². The molecule has 0 N–H and O–H groups in total. The number of rotatable bonds is 6. The molecule has 1 aromatic heterocycles. The predicted molar refractivity (Wildman–Crippen MR) is 75.4 cm³/mol. The Morgan fingerprint density at radius 2 is 2.18 bits per heavy atom. The van der Waals surface area contributed by atoms with Gasteiger partial charge in [0, 0.05) is 6.08 Å². The standard InChI is InChI=1S/C15H13N3O4/c1-11-17-14(22-18-11)10-21-15(19)7-4-12-2-5-13(6-3-12)20-9-8-16/h2-7H,9-10H2,1H3/b7-4+. The van der Waals surface area contributed by atoms with Gasteiger partial charge in [0.05, 0.1) is 0 Å². The minimum atomic E-state index is -0.513. The predicted octanol–water partition coefficient (Wildman–Crippen LogP) is 2.04. The van der Waals surface area contributed by atoms with Gasteiger partial charge in [-0.25, -0.2) is 4.79 Å². The summed E-state index contributed by atoms with van der Waals surface area (Å²) >= 11 is 0. The van der Waals surface area contributed by atoms with Crippen molar-refractivity contribution in [2.24, 2.45) is 0 Å². The quantitative estimate of drug-likeness (QED) is 0.594. The first kappa shape index (κ1) is 15.3. The molecule has 7 heteroatoms. The van der Waals surface area contributed by atoms with Crippen LogP contribution in [0.25, 0.3) is 6.08 Å². The Labute approximate surface area is 126 Å². The summed E-state index contributed by atoms with van der Waals surface area (Å²) in [6.45, 7) is 1.61. The van der Waals surface area contributed by atoms with Crippen molar-refractivity contribution < 1.29 is 18.8 Å². The van der Waals surface area contributed by atoms with E-state index in [-0.39, 0.29) is 19.1 Å². The fourth-order valence-electron chi connectivity index (χ4n) is 1.53. The number of ether oxygens (including phenoxy) is 2. The Balaban J connectivity index is 1.82. The van der Waals surface area contributed by atoms with Crippen molar-refractivity contribution in [3.63, 3.8) is 0 Å². The van der Waals surface area contributed by atoms with Gasteiger partial charge in [-0.1, -0.05) is 17.3 Å². The molecule has 0 aliphatic heterocycles. The fourth-order valence-corrected chi connectivity index (χ4v) is 1.53. The summed E-state index contributed by atoms with van der Waals surface area (Å²) in [6, 6.07) is 8.83. The third kappa shape index (κ3) is 4.76. The van der Waals surface area contributed by atoms with E-state index < -0.39 is 5.97 Å². The van der Waals surface area contributed by atoms with Crippen LogP contribution in [0.3, 0.4) is 0 Å². The van der Waals surface area contributed by atoms with Gasteiger partial charge in [0.15, 0.2) is 19.0 Å². The summed E-state index contributed by atoms with van der Waals surface area (Å²) < 4.78 is 14.9. The number of carbonyl (C=O) groups excluding carboxylic acids is 1. The minimum Gasteiger partial charge on any atom is -0.479 e. The molecule has 22 heavy (non-hydrogen) atoms. The van der Waals surface area contributed by atoms with E-state index in [1.165, 1.54) is 6.08 Å². The van der Waals surface area contributed by atoms with Gasteiger partial charge in [0.25, 0.3) is 5.89 Å². The Bertz CT molecular complexity index is 698. The van der Waals surface area contributed by atoms with Crippen LogP contribution in [0.5, 0.6) is 5.75 Å². The third-order valence-corrected chi connectivity index (χ3v) is 2.50. The molecule has 0 atom stereocenters. The first-order valence-corrected chi connectivity index (χ1v) is 6.41. The van der Waals surface area contributed by atoms with E-state index in [1.807, 2.05) is 6.07 Å². The van der Waals surface area contributed by atoms with Crippen molar-refractivity contribution in [3.05, 3.63) is 47.6 Å². The molecule has 0 aliphatic carbocycles. The summed E-state index contributed by atoms with van der Waals surface area (Å²) in [5.41, 5.74) is 0.801. The molecule has 0 aliphatic rings. The van der Waals surface area contributed by atoms with E-state index in [9.17, 15) is 4.79 Å². The topological polar surface area (TPSA) is 98.2 Å². The van der Waals surface area contributed by atoms with E-state index in [0.717, 1.165) is 5.56 Å². The Kier molecular flexibility index (Phi) is 5.26. The van der Waals surface area contributed by atoms with Gasteiger partial charge >= 0.3 is 5.97 Å². The van der Waals surface area contributed by atoms with Gasteiger partial charge in [0.1, 0.15) is 11.8 Å². The van der Waals surface area contributed by atoms with E-state index in [4.69, 9.17) is 19.3 Å². The lowest BCUT2D eigenvalue weighted by molar-refractivity contribution is -0.139. The molecule has 0 spiro atoms. The largest absolute Gasteiger partial charge is 0.479 e. The highest BCUT2D eigenvalue weighted by Gasteiger charge is 2.05. The smallest absolute Gasteiger partial charge is 0.331 e. The van der Waals surface area contributed by atoms with E-state index in [1.54, 1.807) is 37.3 Å². The summed E-state index contributed by atoms with van der Waals surface area (Å²) in [4.78, 5) is 15.5. The maximum absolute atomic E-state index is 11.5. The molecule has 0 fully saturated rings. The first-order chi connectivity index (χ1) is 10.7. The maximum atomic E-state index is 11.5. The number of aryl methyl sites for hydroxylation is 1. The Hall–Kier alpha value is -3.14. The summed E-state index contributed by atoms with van der Waals surface area (Å²) in [7, 11) is 0. The highest BCUT2D eigenvalue weighted by atomic mass is 16.6. The van der Waals surface area contributed by atoms with Crippen molar-refractivity contribution >= 4 is 12.0 Å². The van der Waals surface area contributed by atoms with Crippen molar-refractivity contribution in [2.45, 2.75) is 13.5 Å². The molecule has 1 aromatic carbocycles. The van der Waals surface area contributed by atoms with Gasteiger partial charge in [-0.05, 0) is 30.7 Å². The molecule has 0 amide bonds. The average molecular weight is 299 g/mol. The van der Waals surface area contributed by atoms with E-state index in [0.29, 0.717) is 11.6 Å². The highest BCUT2D eigenvalue weighted by molar-refractivity contribution is 5.87. The molecular weight excluding hydrogens is 286 g/mol. The molecule has 0 radical (unpaired) electrons. The monoisotopic (exact) mass is 299 g/mol. The number of nitrogens with zero attached hydrogens (tertiary/aromatic N) is 3. The van der Waals surface area contributed by atoms with Gasteiger partial charge in [-0.2, -0.15) is 10.2 Å². The van der Waals surface area contributed by atoms with Crippen LogP contribution < -0.4 is 4.74 Å². The zero-order chi connectivity index (χ0) is 15.8. The maximum Gasteiger partial charge on any atom is 0.331 e. The normalized spacial score (nSPS) is 10.4. The third-order valence-electron chi connectivity index (χ3n) is 2.50. The second-order valence-corrected chi connectivity index (χ2v) is 4.19. The van der Waals surface area contributed by atoms with Crippen molar-refractivity contribution in [2.75, 3.05) is 6.61 Å². The molecule has 0 saturated heterocycles. The van der Waals surface area contributed by atoms with Crippen LogP contribution in [-0.2, 0) is 16.1 Å². The van der Waals surface area contributed by atoms with Crippen molar-refractivity contribution in [3.8, 4) is 11.8 Å². The van der Waals surface area contributed by atoms with E-state index >= 15 is 0 Å². The molecule has 7 nitrogen and oxygen atoms in total. The number of nitriles is 1. The number of carbonyl (C=O) groups is 1. The van der Waals surface area contributed by atoms with Gasteiger partial charge in [-0.15, -0.1) is 0 Å². The molecule has 0 saturated carbocycles. The molecular formula is C15H13N3O4. The Morgan fingerprint density at radius 1 is 1.41 bits per heavy atom. The van der Waals surface area contributed by atoms with Gasteiger partial charge in [0.2, 0.25) is 0 Å². The van der Waals surface area contributed by atoms with Crippen LogP contribution in [0.1, 0.15) is 17.3 Å². The Morgan fingerprint density at radius 3 is 2.82 bits per heavy atom. The SMILES string of the molecule is Cc1noc(COC(=O)/C=C/c2ccc(OCC#N)cc2)n1. The van der Waals surface area contributed by atoms with Crippen molar-refractivity contribution in [1.29, 1.82) is 5.26 Å². The van der Waals surface area contributed by atoms with Crippen LogP contribution in [0.15, 0.2) is 34.9 Å². The minimum absolute atomic E-state index is 0.00332. The van der Waals surface area contributed by atoms with Crippen LogP contribution in [0.2, 0.25) is 0 Å². The second-order valence-electron chi connectivity index (χ2n) is 4.19. The zero-order valence-electron chi connectivity index (χ0n) is 11.9. The summed E-state index contributed by atoms with van der Waals surface area (Å²) in [5.74, 6) is 0.812. The molecule has 112 valence electrons. The lowest BCUT2D eigenvalue weighted by Crippen LogP contribution is -2.00. The number of benzene rings is 1. The first-order valence-electron chi connectivity index (χ1n) is 6.41. The number of esters is 1. The van der Waals surface area contributed by atoms with Crippen LogP contribution >= 0.6 is 0 Å². The molecule has 2 aromatic rings. The second kappa shape index (κ2) is 7.59. The summed E-state index contributed by atoms with van der Waals surface area (Å²) in [5, 5.41) is 12.0. The number of hydrogen-bond acceptors (Lipinski definition) is 7. The molecule has 1 heterocycles. The van der Waals surface area contributed by atoms with Gasteiger partial charge < -0.3 is 14.0 Å². The van der Waals surface area contributed by atoms with Crippen molar-refractivity contribution in [1.82, 2.24) is 10.1 Å². The average Bonchev–Trinajstić information content (AvgIpc) is 2.95. The fraction of sp³-hybridized carbons (Fsp3) is 0.200. The lowest BCUT2D eigenvalue weighted by Gasteiger charge is -2.01. The summed E-state index contributed by atoms with van der Waals surface area (Å²) in [6.07, 6.45) is 2.91. The number of hydrogen-bond donors (Lipinski definition) is 0. The van der Waals surface area contributed by atoms with E-state index in [2.05, 4.69) is 10.1 Å². The lowest BCUT2D eigenvalue weighted by atomic mass is 10.2.